The largest absolute Gasteiger partial charge is 0.207 e. The van der Waals surface area contributed by atoms with Gasteiger partial charge in [-0.05, 0) is 48.1 Å². The maximum absolute atomic E-state index is 13.6. The molecule has 0 aliphatic carbocycles. The monoisotopic (exact) mass is 324 g/mol. The van der Waals surface area contributed by atoms with E-state index in [1.807, 2.05) is 18.2 Å². The van der Waals surface area contributed by atoms with E-state index >= 15 is 0 Å². The molecule has 0 saturated carbocycles. The van der Waals surface area contributed by atoms with Gasteiger partial charge in [0.05, 0.1) is 0 Å². The Hall–Kier alpha value is -1.22. The van der Waals surface area contributed by atoms with E-state index < -0.39 is 0 Å². The Kier molecular flexibility index (Phi) is 5.08. The predicted octanol–water partition coefficient (Wildman–Crippen LogP) is 4.76. The Morgan fingerprint density at radius 2 is 1.68 bits per heavy atom. The van der Waals surface area contributed by atoms with E-state index in [2.05, 4.69) is 28.1 Å². The predicted molar refractivity (Wildman–Crippen MR) is 77.5 cm³/mol. The summed E-state index contributed by atoms with van der Waals surface area (Å²) >= 11 is 3.46. The normalized spacial score (nSPS) is 12.4. The first-order chi connectivity index (χ1) is 9.19. The number of hydrogen-bond donors (Lipinski definition) is 0. The van der Waals surface area contributed by atoms with Crippen LogP contribution in [0.3, 0.4) is 0 Å². The average molecular weight is 325 g/mol. The lowest BCUT2D eigenvalue weighted by Crippen LogP contribution is -2.11. The smallest absolute Gasteiger partial charge is 0.126 e. The lowest BCUT2D eigenvalue weighted by atomic mass is 9.94. The highest BCUT2D eigenvalue weighted by atomic mass is 79.9. The van der Waals surface area contributed by atoms with Gasteiger partial charge in [0.1, 0.15) is 11.6 Å². The fourth-order valence-electron chi connectivity index (χ4n) is 2.14. The molecular formula is C16H15BrF2. The molecule has 0 spiro atoms. The highest BCUT2D eigenvalue weighted by molar-refractivity contribution is 9.09. The van der Waals surface area contributed by atoms with E-state index in [0.717, 1.165) is 17.8 Å². The van der Waals surface area contributed by atoms with Crippen LogP contribution in [0.25, 0.3) is 0 Å². The van der Waals surface area contributed by atoms with E-state index in [-0.39, 0.29) is 17.6 Å². The third-order valence-electron chi connectivity index (χ3n) is 3.10. The summed E-state index contributed by atoms with van der Waals surface area (Å²) in [6.45, 7) is 0. The van der Waals surface area contributed by atoms with Crippen LogP contribution in [-0.4, -0.2) is 5.33 Å². The topological polar surface area (TPSA) is 0 Å². The average Bonchev–Trinajstić information content (AvgIpc) is 2.43. The van der Waals surface area contributed by atoms with Crippen LogP contribution in [0.5, 0.6) is 0 Å². The molecule has 0 heterocycles. The summed E-state index contributed by atoms with van der Waals surface area (Å²) in [7, 11) is 0. The van der Waals surface area contributed by atoms with Crippen molar-refractivity contribution in [1.29, 1.82) is 0 Å². The molecule has 0 aromatic heterocycles. The summed E-state index contributed by atoms with van der Waals surface area (Å²) in [5.41, 5.74) is 1.66. The molecule has 0 N–H and O–H groups in total. The zero-order valence-electron chi connectivity index (χ0n) is 10.5. The summed E-state index contributed by atoms with van der Waals surface area (Å²) in [4.78, 5) is 0. The fraction of sp³-hybridized carbons (Fsp3) is 0.250. The summed E-state index contributed by atoms with van der Waals surface area (Å²) in [6, 6.07) is 13.7. The van der Waals surface area contributed by atoms with Crippen molar-refractivity contribution in [3.63, 3.8) is 0 Å². The van der Waals surface area contributed by atoms with Gasteiger partial charge in [0.25, 0.3) is 0 Å². The van der Waals surface area contributed by atoms with E-state index in [0.29, 0.717) is 12.0 Å². The summed E-state index contributed by atoms with van der Waals surface area (Å²) in [5.74, 6) is -0.469. The van der Waals surface area contributed by atoms with Crippen LogP contribution in [0, 0.1) is 17.6 Å². The van der Waals surface area contributed by atoms with Crippen molar-refractivity contribution < 1.29 is 8.78 Å². The van der Waals surface area contributed by atoms with Gasteiger partial charge in [0, 0.05) is 5.33 Å². The molecule has 0 amide bonds. The molecule has 0 bridgehead atoms. The number of halogens is 3. The maximum Gasteiger partial charge on any atom is 0.126 e. The Bertz CT molecular complexity index is 526. The zero-order valence-corrected chi connectivity index (χ0v) is 12.0. The van der Waals surface area contributed by atoms with Gasteiger partial charge in [0.15, 0.2) is 0 Å². The molecular weight excluding hydrogens is 310 g/mol. The number of benzene rings is 2. The second-order valence-corrected chi connectivity index (χ2v) is 5.30. The minimum Gasteiger partial charge on any atom is -0.207 e. The highest BCUT2D eigenvalue weighted by Gasteiger charge is 2.13. The molecule has 100 valence electrons. The van der Waals surface area contributed by atoms with E-state index in [1.165, 1.54) is 17.7 Å². The molecule has 0 radical (unpaired) electrons. The SMILES string of the molecule is Fc1ccc(F)c(CC(CBr)Cc2ccccc2)c1. The van der Waals surface area contributed by atoms with Gasteiger partial charge in [-0.1, -0.05) is 46.3 Å². The molecule has 2 aromatic rings. The summed E-state index contributed by atoms with van der Waals surface area (Å²) in [6.07, 6.45) is 1.38. The first-order valence-electron chi connectivity index (χ1n) is 6.23. The third-order valence-corrected chi connectivity index (χ3v) is 4.02. The Morgan fingerprint density at radius 1 is 0.947 bits per heavy atom. The zero-order chi connectivity index (χ0) is 13.7. The van der Waals surface area contributed by atoms with Crippen LogP contribution in [0.15, 0.2) is 48.5 Å². The minimum absolute atomic E-state index is 0.249. The molecule has 0 nitrogen and oxygen atoms in total. The number of rotatable bonds is 5. The van der Waals surface area contributed by atoms with Crippen molar-refractivity contribution in [3.8, 4) is 0 Å². The van der Waals surface area contributed by atoms with E-state index in [1.54, 1.807) is 0 Å². The van der Waals surface area contributed by atoms with Crippen LogP contribution in [-0.2, 0) is 12.8 Å². The first-order valence-corrected chi connectivity index (χ1v) is 7.35. The van der Waals surface area contributed by atoms with E-state index in [4.69, 9.17) is 0 Å². The highest BCUT2D eigenvalue weighted by Crippen LogP contribution is 2.19. The molecule has 0 saturated heterocycles. The molecule has 19 heavy (non-hydrogen) atoms. The van der Waals surface area contributed by atoms with E-state index in [9.17, 15) is 8.78 Å². The summed E-state index contributed by atoms with van der Waals surface area (Å²) < 4.78 is 26.8. The van der Waals surface area contributed by atoms with Crippen molar-refractivity contribution >= 4 is 15.9 Å². The van der Waals surface area contributed by atoms with Gasteiger partial charge in [-0.15, -0.1) is 0 Å². The molecule has 3 heteroatoms. The van der Waals surface area contributed by atoms with Gasteiger partial charge >= 0.3 is 0 Å². The molecule has 2 aromatic carbocycles. The van der Waals surface area contributed by atoms with Gasteiger partial charge < -0.3 is 0 Å². The Morgan fingerprint density at radius 3 is 2.37 bits per heavy atom. The van der Waals surface area contributed by atoms with Crippen LogP contribution in [0.4, 0.5) is 8.78 Å². The van der Waals surface area contributed by atoms with Gasteiger partial charge in [-0.25, -0.2) is 8.78 Å². The second kappa shape index (κ2) is 6.80. The van der Waals surface area contributed by atoms with Crippen molar-refractivity contribution in [2.75, 3.05) is 5.33 Å². The molecule has 1 atom stereocenters. The third kappa shape index (κ3) is 4.13. The molecule has 2 rings (SSSR count). The minimum atomic E-state index is -0.385. The standard InChI is InChI=1S/C16H15BrF2/c17-11-13(8-12-4-2-1-3-5-12)9-14-10-15(18)6-7-16(14)19/h1-7,10,13H,8-9,11H2. The molecule has 0 fully saturated rings. The Balaban J connectivity index is 2.09. The van der Waals surface area contributed by atoms with Gasteiger partial charge in [-0.3, -0.25) is 0 Å². The number of hydrogen-bond acceptors (Lipinski definition) is 0. The molecule has 0 aliphatic heterocycles. The van der Waals surface area contributed by atoms with Crippen LogP contribution < -0.4 is 0 Å². The van der Waals surface area contributed by atoms with Gasteiger partial charge in [-0.2, -0.15) is 0 Å². The summed E-state index contributed by atoms with van der Waals surface area (Å²) in [5, 5.41) is 0.762. The van der Waals surface area contributed by atoms with Crippen molar-refractivity contribution in [1.82, 2.24) is 0 Å². The first kappa shape index (κ1) is 14.2. The van der Waals surface area contributed by atoms with Crippen molar-refractivity contribution in [3.05, 3.63) is 71.3 Å². The van der Waals surface area contributed by atoms with Crippen molar-refractivity contribution in [2.24, 2.45) is 5.92 Å². The lowest BCUT2D eigenvalue weighted by Gasteiger charge is -2.14. The quantitative estimate of drug-likeness (QED) is 0.695. The van der Waals surface area contributed by atoms with Crippen LogP contribution in [0.2, 0.25) is 0 Å². The van der Waals surface area contributed by atoms with Crippen LogP contribution >= 0.6 is 15.9 Å². The van der Waals surface area contributed by atoms with Gasteiger partial charge in [0.2, 0.25) is 0 Å². The number of alkyl halides is 1. The van der Waals surface area contributed by atoms with Crippen molar-refractivity contribution in [2.45, 2.75) is 12.8 Å². The molecule has 1 unspecified atom stereocenters. The Labute approximate surface area is 120 Å². The second-order valence-electron chi connectivity index (χ2n) is 4.65. The van der Waals surface area contributed by atoms with Crippen LogP contribution in [0.1, 0.15) is 11.1 Å². The fourth-order valence-corrected chi connectivity index (χ4v) is 2.60. The lowest BCUT2D eigenvalue weighted by molar-refractivity contribution is 0.540. The molecule has 0 aliphatic rings. The maximum atomic E-state index is 13.6.